The van der Waals surface area contributed by atoms with Gasteiger partial charge in [-0.2, -0.15) is 0 Å². The number of anilines is 1. The lowest BCUT2D eigenvalue weighted by atomic mass is 9.89. The van der Waals surface area contributed by atoms with Crippen LogP contribution in [-0.2, 0) is 4.79 Å². The summed E-state index contributed by atoms with van der Waals surface area (Å²) in [6.45, 7) is 6.94. The first-order valence-electron chi connectivity index (χ1n) is 8.29. The molecule has 1 unspecified atom stereocenters. The predicted octanol–water partition coefficient (Wildman–Crippen LogP) is 1.67. The van der Waals surface area contributed by atoms with Gasteiger partial charge in [0, 0.05) is 43.0 Å². The summed E-state index contributed by atoms with van der Waals surface area (Å²) in [7, 11) is 0. The van der Waals surface area contributed by atoms with Crippen molar-refractivity contribution in [3.63, 3.8) is 0 Å². The predicted molar refractivity (Wildman–Crippen MR) is 96.1 cm³/mol. The summed E-state index contributed by atoms with van der Waals surface area (Å²) in [4.78, 5) is 36.4. The fourth-order valence-corrected chi connectivity index (χ4v) is 3.03. The van der Waals surface area contributed by atoms with E-state index in [1.807, 2.05) is 0 Å². The monoisotopic (exact) mass is 339 g/mol. The van der Waals surface area contributed by atoms with Crippen LogP contribution in [0.2, 0.25) is 0 Å². The minimum atomic E-state index is -0.172. The molecule has 3 heterocycles. The molecule has 0 bridgehead atoms. The maximum Gasteiger partial charge on any atom is 0.271 e. The molecule has 0 spiro atoms. The van der Waals surface area contributed by atoms with Gasteiger partial charge in [0.25, 0.3) is 5.56 Å². The Bertz CT molecular complexity index is 812. The van der Waals surface area contributed by atoms with E-state index in [0.29, 0.717) is 24.7 Å². The summed E-state index contributed by atoms with van der Waals surface area (Å²) >= 11 is 0. The Morgan fingerprint density at radius 2 is 2.36 bits per heavy atom. The van der Waals surface area contributed by atoms with Gasteiger partial charge in [-0.15, -0.1) is 0 Å². The molecule has 1 aliphatic rings. The molecule has 7 nitrogen and oxygen atoms in total. The van der Waals surface area contributed by atoms with E-state index in [0.717, 1.165) is 17.7 Å². The molecule has 2 aromatic heterocycles. The molecule has 0 aliphatic carbocycles. The van der Waals surface area contributed by atoms with Crippen molar-refractivity contribution in [1.82, 2.24) is 19.9 Å². The van der Waals surface area contributed by atoms with Crippen LogP contribution in [0.3, 0.4) is 0 Å². The smallest absolute Gasteiger partial charge is 0.271 e. The number of hydrogen-bond acceptors (Lipinski definition) is 5. The third-order valence-electron chi connectivity index (χ3n) is 4.53. The molecule has 1 amide bonds. The number of aromatic amines is 1. The number of carbonyl (C=O) groups is 1. The molecule has 1 fully saturated rings. The van der Waals surface area contributed by atoms with E-state index in [4.69, 9.17) is 0 Å². The Kier molecular flexibility index (Phi) is 4.92. The minimum Gasteiger partial charge on any atom is -0.377 e. The molecule has 3 rings (SSSR count). The highest BCUT2D eigenvalue weighted by Crippen LogP contribution is 2.24. The van der Waals surface area contributed by atoms with E-state index in [1.54, 1.807) is 29.4 Å². The van der Waals surface area contributed by atoms with Gasteiger partial charge >= 0.3 is 0 Å². The van der Waals surface area contributed by atoms with Crippen LogP contribution in [0, 0.1) is 5.92 Å². The largest absolute Gasteiger partial charge is 0.377 e. The zero-order chi connectivity index (χ0) is 17.8. The highest BCUT2D eigenvalue weighted by Gasteiger charge is 2.34. The molecule has 130 valence electrons. The topological polar surface area (TPSA) is 91.0 Å². The molecule has 2 aromatic rings. The van der Waals surface area contributed by atoms with E-state index >= 15 is 0 Å². The second kappa shape index (κ2) is 7.29. The van der Waals surface area contributed by atoms with Crippen molar-refractivity contribution < 1.29 is 4.79 Å². The van der Waals surface area contributed by atoms with Crippen molar-refractivity contribution in [2.45, 2.75) is 19.4 Å². The van der Waals surface area contributed by atoms with Crippen LogP contribution in [0.4, 0.5) is 5.69 Å². The van der Waals surface area contributed by atoms with Gasteiger partial charge in [-0.25, -0.2) is 9.97 Å². The van der Waals surface area contributed by atoms with Gasteiger partial charge in [-0.3, -0.25) is 9.59 Å². The Hall–Kier alpha value is -2.96. The number of H-pyrrole nitrogens is 1. The van der Waals surface area contributed by atoms with Gasteiger partial charge < -0.3 is 15.2 Å². The SMILES string of the molecule is C=CC(=O)N1CC(C(CC)Nc2cc(-c3ccncn3)c[nH]c2=O)C1. The Morgan fingerprint density at radius 3 is 3.00 bits per heavy atom. The van der Waals surface area contributed by atoms with Gasteiger partial charge in [0.15, 0.2) is 0 Å². The lowest BCUT2D eigenvalue weighted by Gasteiger charge is -2.43. The Labute approximate surface area is 145 Å². The van der Waals surface area contributed by atoms with Crippen LogP contribution in [0.25, 0.3) is 11.3 Å². The van der Waals surface area contributed by atoms with Crippen molar-refractivity contribution >= 4 is 11.6 Å². The first-order valence-corrected chi connectivity index (χ1v) is 8.29. The normalized spacial score (nSPS) is 15.3. The maximum atomic E-state index is 12.2. The molecular formula is C18H21N5O2. The van der Waals surface area contributed by atoms with Crippen LogP contribution >= 0.6 is 0 Å². The molecule has 25 heavy (non-hydrogen) atoms. The van der Waals surface area contributed by atoms with E-state index in [-0.39, 0.29) is 17.5 Å². The fourth-order valence-electron chi connectivity index (χ4n) is 3.03. The number of likely N-dealkylation sites (tertiary alicyclic amines) is 1. The lowest BCUT2D eigenvalue weighted by molar-refractivity contribution is -0.132. The molecule has 1 aliphatic heterocycles. The zero-order valence-electron chi connectivity index (χ0n) is 14.1. The lowest BCUT2D eigenvalue weighted by Crippen LogP contribution is -2.55. The fraction of sp³-hybridized carbons (Fsp3) is 0.333. The number of rotatable bonds is 6. The van der Waals surface area contributed by atoms with Crippen LogP contribution in [0.1, 0.15) is 13.3 Å². The molecule has 2 N–H and O–H groups in total. The summed E-state index contributed by atoms with van der Waals surface area (Å²) < 4.78 is 0. The van der Waals surface area contributed by atoms with Crippen molar-refractivity contribution in [3.8, 4) is 11.3 Å². The van der Waals surface area contributed by atoms with Gasteiger partial charge in [0.2, 0.25) is 5.91 Å². The highest BCUT2D eigenvalue weighted by atomic mass is 16.2. The van der Waals surface area contributed by atoms with Crippen molar-refractivity contribution in [2.24, 2.45) is 5.92 Å². The summed E-state index contributed by atoms with van der Waals surface area (Å²) in [6.07, 6.45) is 6.97. The quantitative estimate of drug-likeness (QED) is 0.781. The Balaban J connectivity index is 1.74. The van der Waals surface area contributed by atoms with Gasteiger partial charge in [0.05, 0.1) is 5.69 Å². The summed E-state index contributed by atoms with van der Waals surface area (Å²) in [6, 6.07) is 3.71. The number of aromatic nitrogens is 3. The van der Waals surface area contributed by atoms with Crippen LogP contribution in [-0.4, -0.2) is 44.9 Å². The summed E-state index contributed by atoms with van der Waals surface area (Å²) in [5.74, 6) is 0.269. The second-order valence-corrected chi connectivity index (χ2v) is 6.09. The van der Waals surface area contributed by atoms with E-state index in [2.05, 4.69) is 33.8 Å². The van der Waals surface area contributed by atoms with Crippen LogP contribution < -0.4 is 10.9 Å². The Morgan fingerprint density at radius 1 is 1.56 bits per heavy atom. The number of carbonyl (C=O) groups excluding carboxylic acids is 1. The van der Waals surface area contributed by atoms with Crippen molar-refractivity contribution in [2.75, 3.05) is 18.4 Å². The van der Waals surface area contributed by atoms with E-state index in [1.165, 1.54) is 12.4 Å². The number of nitrogens with one attached hydrogen (secondary N) is 2. The first kappa shape index (κ1) is 16.9. The van der Waals surface area contributed by atoms with E-state index < -0.39 is 0 Å². The molecule has 7 heteroatoms. The molecule has 0 saturated carbocycles. The van der Waals surface area contributed by atoms with Gasteiger partial charge in [-0.05, 0) is 24.6 Å². The average molecular weight is 339 g/mol. The number of hydrogen-bond donors (Lipinski definition) is 2. The minimum absolute atomic E-state index is 0.0466. The van der Waals surface area contributed by atoms with Gasteiger partial charge in [-0.1, -0.05) is 13.5 Å². The molecule has 1 atom stereocenters. The second-order valence-electron chi connectivity index (χ2n) is 6.09. The van der Waals surface area contributed by atoms with Crippen molar-refractivity contribution in [1.29, 1.82) is 0 Å². The highest BCUT2D eigenvalue weighted by molar-refractivity contribution is 5.87. The first-order chi connectivity index (χ1) is 12.1. The third-order valence-corrected chi connectivity index (χ3v) is 4.53. The van der Waals surface area contributed by atoms with Crippen molar-refractivity contribution in [3.05, 3.63) is 53.9 Å². The number of pyridine rings is 1. The zero-order valence-corrected chi connectivity index (χ0v) is 14.1. The number of amides is 1. The third kappa shape index (κ3) is 3.60. The summed E-state index contributed by atoms with van der Waals surface area (Å²) in [5, 5.41) is 3.34. The van der Waals surface area contributed by atoms with Gasteiger partial charge in [0.1, 0.15) is 12.0 Å². The van der Waals surface area contributed by atoms with E-state index in [9.17, 15) is 9.59 Å². The van der Waals surface area contributed by atoms with Crippen LogP contribution in [0.15, 0.2) is 48.3 Å². The average Bonchev–Trinajstić information content (AvgIpc) is 2.61. The number of nitrogens with zero attached hydrogens (tertiary/aromatic N) is 3. The molecule has 0 aromatic carbocycles. The maximum absolute atomic E-state index is 12.2. The molecular weight excluding hydrogens is 318 g/mol. The van der Waals surface area contributed by atoms with Crippen LogP contribution in [0.5, 0.6) is 0 Å². The molecule has 1 saturated heterocycles. The standard InChI is InChI=1S/C18H21N5O2/c1-3-14(13-9-23(10-13)17(24)4-2)22-16-7-12(8-20-18(16)25)15-5-6-19-11-21-15/h4-8,11,13-14,22H,2-3,9-10H2,1H3,(H,20,25). The summed E-state index contributed by atoms with van der Waals surface area (Å²) in [5.41, 5.74) is 1.90. The molecule has 0 radical (unpaired) electrons.